The number of nitrogens with zero attached hydrogens (tertiary/aromatic N) is 1. The molecule has 2 aliphatic rings. The second kappa shape index (κ2) is 6.27. The van der Waals surface area contributed by atoms with Gasteiger partial charge in [0.2, 0.25) is 0 Å². The number of anilines is 2. The van der Waals surface area contributed by atoms with Crippen LogP contribution in [0, 0.1) is 5.41 Å². The number of hydrogen-bond acceptors (Lipinski definition) is 3. The largest absolute Gasteiger partial charge is 0.381 e. The van der Waals surface area contributed by atoms with Gasteiger partial charge in [-0.15, -0.1) is 0 Å². The number of rotatable bonds is 3. The molecule has 1 saturated heterocycles. The highest BCUT2D eigenvalue weighted by Crippen LogP contribution is 2.37. The van der Waals surface area contributed by atoms with Crippen LogP contribution >= 0.6 is 0 Å². The zero-order valence-corrected chi connectivity index (χ0v) is 13.4. The van der Waals surface area contributed by atoms with Gasteiger partial charge in [0.25, 0.3) is 0 Å². The molecular weight excluding hydrogens is 260 g/mol. The first-order valence-electron chi connectivity index (χ1n) is 8.32. The Bertz CT molecular complexity index is 456. The third-order valence-corrected chi connectivity index (χ3v) is 4.95. The van der Waals surface area contributed by atoms with Crippen molar-refractivity contribution >= 4 is 11.4 Å². The fraction of sp³-hybridized carbons (Fsp3) is 0.667. The van der Waals surface area contributed by atoms with Gasteiger partial charge < -0.3 is 15.0 Å². The quantitative estimate of drug-likeness (QED) is 0.913. The molecule has 0 aromatic heterocycles. The van der Waals surface area contributed by atoms with Crippen LogP contribution in [-0.2, 0) is 4.74 Å². The minimum atomic E-state index is 0.530. The Morgan fingerprint density at radius 2 is 1.76 bits per heavy atom. The maximum absolute atomic E-state index is 5.47. The molecule has 1 N–H and O–H groups in total. The van der Waals surface area contributed by atoms with E-state index in [1.165, 1.54) is 37.1 Å². The van der Waals surface area contributed by atoms with E-state index in [1.807, 2.05) is 0 Å². The molecule has 116 valence electrons. The average Bonchev–Trinajstić information content (AvgIpc) is 2.51. The Morgan fingerprint density at radius 3 is 2.48 bits per heavy atom. The van der Waals surface area contributed by atoms with E-state index < -0.39 is 0 Å². The molecule has 0 amide bonds. The normalized spacial score (nSPS) is 23.0. The van der Waals surface area contributed by atoms with Gasteiger partial charge in [-0.1, -0.05) is 26.0 Å². The predicted octanol–water partition coefficient (Wildman–Crippen LogP) is 3.90. The molecule has 0 atom stereocenters. The van der Waals surface area contributed by atoms with Gasteiger partial charge in [-0.3, -0.25) is 0 Å². The van der Waals surface area contributed by atoms with E-state index in [-0.39, 0.29) is 0 Å². The third kappa shape index (κ3) is 3.70. The molecule has 3 heteroatoms. The molecule has 3 rings (SSSR count). The SMILES string of the molecule is CC1(C)CCC(Nc2ccccc2N2CCOCC2)CC1. The first-order valence-corrected chi connectivity index (χ1v) is 8.32. The fourth-order valence-corrected chi connectivity index (χ4v) is 3.44. The molecular formula is C18H28N2O. The van der Waals surface area contributed by atoms with Gasteiger partial charge in [-0.05, 0) is 43.2 Å². The van der Waals surface area contributed by atoms with Crippen LogP contribution in [0.5, 0.6) is 0 Å². The first kappa shape index (κ1) is 14.7. The van der Waals surface area contributed by atoms with Crippen LogP contribution in [0.2, 0.25) is 0 Å². The zero-order chi connectivity index (χ0) is 14.7. The highest BCUT2D eigenvalue weighted by molar-refractivity contribution is 5.70. The monoisotopic (exact) mass is 288 g/mol. The van der Waals surface area contributed by atoms with Crippen molar-refractivity contribution in [2.45, 2.75) is 45.6 Å². The Morgan fingerprint density at radius 1 is 1.10 bits per heavy atom. The lowest BCUT2D eigenvalue weighted by Crippen LogP contribution is -2.37. The molecule has 0 bridgehead atoms. The molecule has 0 spiro atoms. The summed E-state index contributed by atoms with van der Waals surface area (Å²) in [4.78, 5) is 2.44. The zero-order valence-electron chi connectivity index (χ0n) is 13.4. The van der Waals surface area contributed by atoms with E-state index >= 15 is 0 Å². The smallest absolute Gasteiger partial charge is 0.0642 e. The van der Waals surface area contributed by atoms with Gasteiger partial charge in [-0.2, -0.15) is 0 Å². The van der Waals surface area contributed by atoms with Crippen molar-refractivity contribution < 1.29 is 4.74 Å². The van der Waals surface area contributed by atoms with Crippen molar-refractivity contribution in [1.82, 2.24) is 0 Å². The summed E-state index contributed by atoms with van der Waals surface area (Å²) in [6.07, 6.45) is 5.21. The van der Waals surface area contributed by atoms with Crippen molar-refractivity contribution in [2.24, 2.45) is 5.41 Å². The van der Waals surface area contributed by atoms with E-state index in [0.29, 0.717) is 11.5 Å². The highest BCUT2D eigenvalue weighted by atomic mass is 16.5. The number of nitrogens with one attached hydrogen (secondary N) is 1. The summed E-state index contributed by atoms with van der Waals surface area (Å²) in [6, 6.07) is 9.37. The Kier molecular flexibility index (Phi) is 4.39. The second-order valence-corrected chi connectivity index (χ2v) is 7.20. The molecule has 0 unspecified atom stereocenters. The van der Waals surface area contributed by atoms with E-state index in [0.717, 1.165) is 26.3 Å². The van der Waals surface area contributed by atoms with Crippen molar-refractivity contribution in [3.63, 3.8) is 0 Å². The van der Waals surface area contributed by atoms with Gasteiger partial charge in [0.15, 0.2) is 0 Å². The standard InChI is InChI=1S/C18H28N2O/c1-18(2)9-7-15(8-10-18)19-16-5-3-4-6-17(16)20-11-13-21-14-12-20/h3-6,15,19H,7-14H2,1-2H3. The predicted molar refractivity (Wildman–Crippen MR) is 89.1 cm³/mol. The summed E-state index contributed by atoms with van der Waals surface area (Å²) in [5.41, 5.74) is 3.16. The number of morpholine rings is 1. The van der Waals surface area contributed by atoms with Crippen LogP contribution in [-0.4, -0.2) is 32.3 Å². The van der Waals surface area contributed by atoms with Gasteiger partial charge in [0.05, 0.1) is 24.6 Å². The summed E-state index contributed by atoms with van der Waals surface area (Å²) >= 11 is 0. The summed E-state index contributed by atoms with van der Waals surface area (Å²) in [6.45, 7) is 8.46. The summed E-state index contributed by atoms with van der Waals surface area (Å²) < 4.78 is 5.47. The molecule has 3 nitrogen and oxygen atoms in total. The minimum absolute atomic E-state index is 0.530. The number of ether oxygens (including phenoxy) is 1. The van der Waals surface area contributed by atoms with Crippen molar-refractivity contribution in [3.8, 4) is 0 Å². The van der Waals surface area contributed by atoms with Gasteiger partial charge in [0, 0.05) is 19.1 Å². The first-order chi connectivity index (χ1) is 10.1. The number of benzene rings is 1. The number of para-hydroxylation sites is 2. The lowest BCUT2D eigenvalue weighted by Gasteiger charge is -2.36. The van der Waals surface area contributed by atoms with Gasteiger partial charge >= 0.3 is 0 Å². The van der Waals surface area contributed by atoms with Crippen LogP contribution in [0.4, 0.5) is 11.4 Å². The molecule has 1 saturated carbocycles. The lowest BCUT2D eigenvalue weighted by atomic mass is 9.75. The lowest BCUT2D eigenvalue weighted by molar-refractivity contribution is 0.123. The van der Waals surface area contributed by atoms with E-state index in [4.69, 9.17) is 4.74 Å². The van der Waals surface area contributed by atoms with Crippen molar-refractivity contribution in [1.29, 1.82) is 0 Å². The summed E-state index contributed by atoms with van der Waals surface area (Å²) in [7, 11) is 0. The van der Waals surface area contributed by atoms with E-state index in [1.54, 1.807) is 0 Å². The molecule has 1 aliphatic heterocycles. The molecule has 2 fully saturated rings. The number of hydrogen-bond donors (Lipinski definition) is 1. The molecule has 1 heterocycles. The minimum Gasteiger partial charge on any atom is -0.381 e. The van der Waals surface area contributed by atoms with E-state index in [2.05, 4.69) is 48.3 Å². The summed E-state index contributed by atoms with van der Waals surface area (Å²) in [5, 5.41) is 3.80. The van der Waals surface area contributed by atoms with Crippen LogP contribution in [0.1, 0.15) is 39.5 Å². The van der Waals surface area contributed by atoms with Crippen LogP contribution in [0.3, 0.4) is 0 Å². The third-order valence-electron chi connectivity index (χ3n) is 4.95. The van der Waals surface area contributed by atoms with Crippen LogP contribution < -0.4 is 10.2 Å². The summed E-state index contributed by atoms with van der Waals surface area (Å²) in [5.74, 6) is 0. The molecule has 21 heavy (non-hydrogen) atoms. The average molecular weight is 288 g/mol. The van der Waals surface area contributed by atoms with Gasteiger partial charge in [-0.25, -0.2) is 0 Å². The second-order valence-electron chi connectivity index (χ2n) is 7.20. The topological polar surface area (TPSA) is 24.5 Å². The maximum Gasteiger partial charge on any atom is 0.0642 e. The van der Waals surface area contributed by atoms with Gasteiger partial charge in [0.1, 0.15) is 0 Å². The molecule has 1 aromatic carbocycles. The van der Waals surface area contributed by atoms with Crippen LogP contribution in [0.25, 0.3) is 0 Å². The Balaban J connectivity index is 1.68. The van der Waals surface area contributed by atoms with Crippen molar-refractivity contribution in [2.75, 3.05) is 36.5 Å². The van der Waals surface area contributed by atoms with E-state index in [9.17, 15) is 0 Å². The fourth-order valence-electron chi connectivity index (χ4n) is 3.44. The highest BCUT2D eigenvalue weighted by Gasteiger charge is 2.27. The van der Waals surface area contributed by atoms with Crippen LogP contribution in [0.15, 0.2) is 24.3 Å². The molecule has 1 aliphatic carbocycles. The molecule has 1 aromatic rings. The molecule has 0 radical (unpaired) electrons. The maximum atomic E-state index is 5.47. The van der Waals surface area contributed by atoms with Crippen molar-refractivity contribution in [3.05, 3.63) is 24.3 Å². The Labute approximate surface area is 128 Å². The Hall–Kier alpha value is -1.22.